The van der Waals surface area contributed by atoms with Crippen molar-refractivity contribution in [1.29, 1.82) is 0 Å². The summed E-state index contributed by atoms with van der Waals surface area (Å²) >= 11 is 0. The van der Waals surface area contributed by atoms with Crippen LogP contribution in [0.4, 0.5) is 0 Å². The largest absolute Gasteiger partial charge is 0.444 e. The third-order valence-corrected chi connectivity index (χ3v) is 3.60. The van der Waals surface area contributed by atoms with E-state index in [0.717, 1.165) is 41.3 Å². The number of benzene rings is 1. The Morgan fingerprint density at radius 3 is 2.91 bits per heavy atom. The van der Waals surface area contributed by atoms with E-state index in [4.69, 9.17) is 4.74 Å². The Morgan fingerprint density at radius 2 is 2.17 bits per heavy atom. The maximum Gasteiger partial charge on any atom is 0.311 e. The second-order valence-electron chi connectivity index (χ2n) is 5.68. The van der Waals surface area contributed by atoms with E-state index in [-0.39, 0.29) is 12.4 Å². The van der Waals surface area contributed by atoms with Crippen molar-refractivity contribution in [2.75, 3.05) is 0 Å². The summed E-state index contributed by atoms with van der Waals surface area (Å²) in [6.45, 7) is 7.82. The maximum atomic E-state index is 12.2. The Morgan fingerprint density at radius 1 is 1.39 bits per heavy atom. The van der Waals surface area contributed by atoms with Crippen LogP contribution in [-0.2, 0) is 16.0 Å². The quantitative estimate of drug-likeness (QED) is 0.372. The van der Waals surface area contributed by atoms with E-state index in [2.05, 4.69) is 30.3 Å². The van der Waals surface area contributed by atoms with Gasteiger partial charge in [-0.1, -0.05) is 50.0 Å². The van der Waals surface area contributed by atoms with Gasteiger partial charge >= 0.3 is 5.97 Å². The first-order chi connectivity index (χ1) is 11.1. The molecule has 1 aromatic carbocycles. The zero-order valence-corrected chi connectivity index (χ0v) is 13.8. The first-order valence-corrected chi connectivity index (χ1v) is 8.00. The molecule has 0 saturated heterocycles. The Bertz CT molecular complexity index is 746. The van der Waals surface area contributed by atoms with Gasteiger partial charge in [0.25, 0.3) is 0 Å². The van der Waals surface area contributed by atoms with Crippen molar-refractivity contribution in [2.45, 2.75) is 45.6 Å². The molecule has 120 valence electrons. The van der Waals surface area contributed by atoms with Crippen LogP contribution in [0.2, 0.25) is 0 Å². The highest BCUT2D eigenvalue weighted by atomic mass is 16.5. The van der Waals surface area contributed by atoms with E-state index in [9.17, 15) is 4.79 Å². The maximum absolute atomic E-state index is 12.2. The Labute approximate surface area is 137 Å². The summed E-state index contributed by atoms with van der Waals surface area (Å²) in [5.74, 6) is 5.78. The van der Waals surface area contributed by atoms with Crippen molar-refractivity contribution < 1.29 is 9.53 Å². The van der Waals surface area contributed by atoms with E-state index >= 15 is 0 Å². The van der Waals surface area contributed by atoms with Crippen LogP contribution in [0.1, 0.15) is 38.7 Å². The fraction of sp³-hybridized carbons (Fsp3) is 0.350. The number of ether oxygens (including phenoxy) is 1. The molecule has 0 aliphatic carbocycles. The number of fused-ring (bicyclic) bond motifs is 1. The Kier molecular flexibility index (Phi) is 6.05. The van der Waals surface area contributed by atoms with Crippen LogP contribution >= 0.6 is 0 Å². The van der Waals surface area contributed by atoms with Gasteiger partial charge in [0, 0.05) is 23.5 Å². The third kappa shape index (κ3) is 4.75. The molecule has 0 fully saturated rings. The molecule has 0 bridgehead atoms. The lowest BCUT2D eigenvalue weighted by Crippen LogP contribution is -2.18. The van der Waals surface area contributed by atoms with E-state index in [1.54, 1.807) is 0 Å². The SMILES string of the molecule is C=C(C)C(C#CCCCC)OC(=O)Cc1c[nH]c2ccccc12. The summed E-state index contributed by atoms with van der Waals surface area (Å²) in [4.78, 5) is 15.4. The predicted molar refractivity (Wildman–Crippen MR) is 94.0 cm³/mol. The fourth-order valence-corrected chi connectivity index (χ4v) is 2.29. The number of aromatic amines is 1. The highest BCUT2D eigenvalue weighted by Crippen LogP contribution is 2.18. The number of hydrogen-bond acceptors (Lipinski definition) is 2. The molecular weight excluding hydrogens is 286 g/mol. The van der Waals surface area contributed by atoms with E-state index in [0.29, 0.717) is 0 Å². The molecule has 0 radical (unpaired) electrons. The summed E-state index contributed by atoms with van der Waals surface area (Å²) < 4.78 is 5.49. The average Bonchev–Trinajstić information content (AvgIpc) is 2.93. The number of aromatic nitrogens is 1. The van der Waals surface area contributed by atoms with Crippen LogP contribution in [0, 0.1) is 11.8 Å². The van der Waals surface area contributed by atoms with Crippen LogP contribution in [0.5, 0.6) is 0 Å². The van der Waals surface area contributed by atoms with Gasteiger partial charge in [-0.15, -0.1) is 0 Å². The number of esters is 1. The lowest BCUT2D eigenvalue weighted by Gasteiger charge is -2.12. The van der Waals surface area contributed by atoms with Gasteiger partial charge in [-0.05, 0) is 30.5 Å². The third-order valence-electron chi connectivity index (χ3n) is 3.60. The number of para-hydroxylation sites is 1. The van der Waals surface area contributed by atoms with E-state index in [1.165, 1.54) is 0 Å². The summed E-state index contributed by atoms with van der Waals surface area (Å²) in [7, 11) is 0. The number of carbonyl (C=O) groups excluding carboxylic acids is 1. The molecule has 3 nitrogen and oxygen atoms in total. The van der Waals surface area contributed by atoms with Gasteiger partial charge in [0.15, 0.2) is 6.10 Å². The molecule has 0 amide bonds. The minimum Gasteiger partial charge on any atom is -0.444 e. The number of carbonyl (C=O) groups is 1. The molecule has 0 aliphatic heterocycles. The molecule has 1 aromatic heterocycles. The predicted octanol–water partition coefficient (Wildman–Crippen LogP) is 4.39. The van der Waals surface area contributed by atoms with Crippen molar-refractivity contribution in [3.05, 3.63) is 48.2 Å². The van der Waals surface area contributed by atoms with Gasteiger partial charge in [0.05, 0.1) is 6.42 Å². The van der Waals surface area contributed by atoms with Gasteiger partial charge in [-0.3, -0.25) is 4.79 Å². The number of nitrogens with one attached hydrogen (secondary N) is 1. The molecule has 3 heteroatoms. The van der Waals surface area contributed by atoms with Crippen LogP contribution in [-0.4, -0.2) is 17.1 Å². The molecule has 1 atom stereocenters. The summed E-state index contributed by atoms with van der Waals surface area (Å²) in [5, 5.41) is 1.05. The standard InChI is InChI=1S/C20H23NO2/c1-4-5-6-7-12-19(15(2)3)23-20(22)13-16-14-21-18-11-9-8-10-17(16)18/h8-11,14,19,21H,2,4-6,13H2,1,3H3. The van der Waals surface area contributed by atoms with Crippen LogP contribution < -0.4 is 0 Å². The second kappa shape index (κ2) is 8.24. The molecule has 1 heterocycles. The Balaban J connectivity index is 2.01. The number of unbranched alkanes of at least 4 members (excludes halogenated alkanes) is 2. The smallest absolute Gasteiger partial charge is 0.311 e. The zero-order valence-electron chi connectivity index (χ0n) is 13.8. The fourth-order valence-electron chi connectivity index (χ4n) is 2.29. The topological polar surface area (TPSA) is 42.1 Å². The Hall–Kier alpha value is -2.47. The van der Waals surface area contributed by atoms with Gasteiger partial charge < -0.3 is 9.72 Å². The lowest BCUT2D eigenvalue weighted by atomic mass is 10.1. The van der Waals surface area contributed by atoms with Gasteiger partial charge in [-0.25, -0.2) is 0 Å². The summed E-state index contributed by atoms with van der Waals surface area (Å²) in [5.41, 5.74) is 2.71. The first kappa shape index (κ1) is 16.9. The summed E-state index contributed by atoms with van der Waals surface area (Å²) in [6.07, 6.45) is 4.54. The monoisotopic (exact) mass is 309 g/mol. The first-order valence-electron chi connectivity index (χ1n) is 8.00. The number of hydrogen-bond donors (Lipinski definition) is 1. The van der Waals surface area contributed by atoms with Crippen molar-refractivity contribution in [1.82, 2.24) is 4.98 Å². The normalized spacial score (nSPS) is 11.6. The second-order valence-corrected chi connectivity index (χ2v) is 5.68. The van der Waals surface area contributed by atoms with Crippen LogP contribution in [0.25, 0.3) is 10.9 Å². The molecule has 0 aliphatic rings. The molecule has 0 saturated carbocycles. The van der Waals surface area contributed by atoms with Crippen LogP contribution in [0.3, 0.4) is 0 Å². The molecule has 2 aromatic rings. The van der Waals surface area contributed by atoms with Gasteiger partial charge in [0.2, 0.25) is 0 Å². The molecule has 0 spiro atoms. The zero-order chi connectivity index (χ0) is 16.7. The average molecular weight is 309 g/mol. The lowest BCUT2D eigenvalue weighted by molar-refractivity contribution is -0.144. The molecule has 2 rings (SSSR count). The number of rotatable bonds is 6. The molecular formula is C20H23NO2. The van der Waals surface area contributed by atoms with Crippen molar-refractivity contribution in [3.63, 3.8) is 0 Å². The summed E-state index contributed by atoms with van der Waals surface area (Å²) in [6, 6.07) is 7.90. The molecule has 1 unspecified atom stereocenters. The minimum absolute atomic E-state index is 0.227. The molecule has 23 heavy (non-hydrogen) atoms. The van der Waals surface area contributed by atoms with Crippen molar-refractivity contribution in [3.8, 4) is 11.8 Å². The van der Waals surface area contributed by atoms with Crippen molar-refractivity contribution in [2.24, 2.45) is 0 Å². The minimum atomic E-state index is -0.524. The highest BCUT2D eigenvalue weighted by Gasteiger charge is 2.15. The highest BCUT2D eigenvalue weighted by molar-refractivity contribution is 5.87. The van der Waals surface area contributed by atoms with Gasteiger partial charge in [-0.2, -0.15) is 0 Å². The van der Waals surface area contributed by atoms with Crippen LogP contribution in [0.15, 0.2) is 42.6 Å². The van der Waals surface area contributed by atoms with Gasteiger partial charge in [0.1, 0.15) is 0 Å². The van der Waals surface area contributed by atoms with E-state index in [1.807, 2.05) is 37.4 Å². The number of H-pyrrole nitrogens is 1. The molecule has 1 N–H and O–H groups in total. The van der Waals surface area contributed by atoms with Crippen molar-refractivity contribution >= 4 is 16.9 Å². The van der Waals surface area contributed by atoms with E-state index < -0.39 is 6.10 Å².